The molecular weight excluding hydrogens is 302 g/mol. The normalized spacial score (nSPS) is 12.3. The Balaban J connectivity index is 1.67. The van der Waals surface area contributed by atoms with E-state index in [2.05, 4.69) is 35.2 Å². The number of H-pyrrole nitrogens is 1. The van der Waals surface area contributed by atoms with Crippen molar-refractivity contribution < 1.29 is 9.53 Å². The number of amides is 1. The average Bonchev–Trinajstić information content (AvgIpc) is 2.97. The van der Waals surface area contributed by atoms with Crippen LogP contribution < -0.4 is 10.1 Å². The van der Waals surface area contributed by atoms with Crippen molar-refractivity contribution in [3.8, 4) is 5.75 Å². The third-order valence-corrected chi connectivity index (χ3v) is 3.84. The van der Waals surface area contributed by atoms with Crippen LogP contribution >= 0.6 is 0 Å². The van der Waals surface area contributed by atoms with Crippen LogP contribution in [0.3, 0.4) is 0 Å². The number of aromatic amines is 1. The van der Waals surface area contributed by atoms with Crippen molar-refractivity contribution in [2.24, 2.45) is 0 Å². The lowest BCUT2D eigenvalue weighted by atomic mass is 10.0. The molecule has 0 aliphatic carbocycles. The maximum Gasteiger partial charge on any atom is 0.267 e. The Morgan fingerprint density at radius 1 is 1.12 bits per heavy atom. The minimum atomic E-state index is -0.624. The standard InChI is InChI=1S/C19H21N3O2/c1-12(2)14-7-6-8-15(11-14)24-13(3)18(23)22-19-20-16-9-4-5-10-17(16)21-19/h4-13H,1-3H3,(H2,20,21,22,23). The molecule has 1 heterocycles. The van der Waals surface area contributed by atoms with Crippen LogP contribution in [0.15, 0.2) is 48.5 Å². The number of nitrogens with zero attached hydrogens (tertiary/aromatic N) is 1. The first-order valence-corrected chi connectivity index (χ1v) is 8.05. The van der Waals surface area contributed by atoms with Crippen molar-refractivity contribution in [3.63, 3.8) is 0 Å². The van der Waals surface area contributed by atoms with Gasteiger partial charge in [-0.1, -0.05) is 38.1 Å². The summed E-state index contributed by atoms with van der Waals surface area (Å²) in [4.78, 5) is 19.7. The molecule has 1 aromatic heterocycles. The molecule has 0 bridgehead atoms. The molecular formula is C19H21N3O2. The van der Waals surface area contributed by atoms with E-state index in [0.717, 1.165) is 11.0 Å². The molecule has 3 rings (SSSR count). The first kappa shape index (κ1) is 16.1. The molecule has 124 valence electrons. The van der Waals surface area contributed by atoms with Crippen LogP contribution in [0.2, 0.25) is 0 Å². The van der Waals surface area contributed by atoms with E-state index in [1.807, 2.05) is 42.5 Å². The number of ether oxygens (including phenoxy) is 1. The monoisotopic (exact) mass is 323 g/mol. The first-order chi connectivity index (χ1) is 11.5. The van der Waals surface area contributed by atoms with E-state index in [0.29, 0.717) is 17.6 Å². The molecule has 0 aliphatic heterocycles. The fraction of sp³-hybridized carbons (Fsp3) is 0.263. The van der Waals surface area contributed by atoms with Gasteiger partial charge in [-0.15, -0.1) is 0 Å². The number of para-hydroxylation sites is 2. The Kier molecular flexibility index (Phi) is 4.51. The molecule has 3 aromatic rings. The Bertz CT molecular complexity index is 821. The highest BCUT2D eigenvalue weighted by Crippen LogP contribution is 2.21. The zero-order valence-electron chi connectivity index (χ0n) is 14.0. The molecule has 24 heavy (non-hydrogen) atoms. The van der Waals surface area contributed by atoms with Gasteiger partial charge in [0.15, 0.2) is 6.10 Å². The van der Waals surface area contributed by atoms with Crippen molar-refractivity contribution in [2.45, 2.75) is 32.8 Å². The molecule has 0 aliphatic rings. The van der Waals surface area contributed by atoms with E-state index in [4.69, 9.17) is 4.74 Å². The lowest BCUT2D eigenvalue weighted by Crippen LogP contribution is -2.30. The Morgan fingerprint density at radius 2 is 1.92 bits per heavy atom. The zero-order valence-corrected chi connectivity index (χ0v) is 14.0. The van der Waals surface area contributed by atoms with Crippen LogP contribution in [-0.2, 0) is 4.79 Å². The van der Waals surface area contributed by atoms with Crippen LogP contribution in [0.5, 0.6) is 5.75 Å². The van der Waals surface area contributed by atoms with E-state index >= 15 is 0 Å². The van der Waals surface area contributed by atoms with Crippen molar-refractivity contribution in [1.82, 2.24) is 9.97 Å². The molecule has 0 saturated heterocycles. The summed E-state index contributed by atoms with van der Waals surface area (Å²) in [7, 11) is 0. The van der Waals surface area contributed by atoms with Crippen LogP contribution in [0.1, 0.15) is 32.3 Å². The van der Waals surface area contributed by atoms with Crippen LogP contribution in [0.4, 0.5) is 5.95 Å². The summed E-state index contributed by atoms with van der Waals surface area (Å²) in [5.74, 6) is 1.28. The largest absolute Gasteiger partial charge is 0.481 e. The molecule has 1 amide bonds. The third kappa shape index (κ3) is 3.56. The lowest BCUT2D eigenvalue weighted by Gasteiger charge is -2.15. The maximum atomic E-state index is 12.3. The summed E-state index contributed by atoms with van der Waals surface area (Å²) in [6.45, 7) is 5.97. The predicted molar refractivity (Wildman–Crippen MR) is 95.3 cm³/mol. The van der Waals surface area contributed by atoms with E-state index in [-0.39, 0.29) is 5.91 Å². The van der Waals surface area contributed by atoms with Crippen LogP contribution in [0, 0.1) is 0 Å². The number of fused-ring (bicyclic) bond motifs is 1. The fourth-order valence-electron chi connectivity index (χ4n) is 2.43. The van der Waals surface area contributed by atoms with Crippen molar-refractivity contribution in [2.75, 3.05) is 5.32 Å². The summed E-state index contributed by atoms with van der Waals surface area (Å²) in [6.07, 6.45) is -0.624. The molecule has 1 atom stereocenters. The number of benzene rings is 2. The number of carbonyl (C=O) groups excluding carboxylic acids is 1. The highest BCUT2D eigenvalue weighted by Gasteiger charge is 2.17. The molecule has 0 fully saturated rings. The lowest BCUT2D eigenvalue weighted by molar-refractivity contribution is -0.122. The molecule has 2 N–H and O–H groups in total. The van der Waals surface area contributed by atoms with E-state index in [1.54, 1.807) is 6.92 Å². The van der Waals surface area contributed by atoms with Gasteiger partial charge in [-0.3, -0.25) is 10.1 Å². The number of anilines is 1. The Labute approximate surface area is 141 Å². The van der Waals surface area contributed by atoms with Gasteiger partial charge in [-0.2, -0.15) is 0 Å². The maximum absolute atomic E-state index is 12.3. The van der Waals surface area contributed by atoms with E-state index < -0.39 is 6.10 Å². The molecule has 0 radical (unpaired) electrons. The summed E-state index contributed by atoms with van der Waals surface area (Å²) < 4.78 is 5.76. The second-order valence-electron chi connectivity index (χ2n) is 6.08. The average molecular weight is 323 g/mol. The van der Waals surface area contributed by atoms with Crippen molar-refractivity contribution >= 4 is 22.9 Å². The number of carbonyl (C=O) groups is 1. The topological polar surface area (TPSA) is 67.0 Å². The Morgan fingerprint density at radius 3 is 2.67 bits per heavy atom. The second-order valence-corrected chi connectivity index (χ2v) is 6.08. The molecule has 1 unspecified atom stereocenters. The van der Waals surface area contributed by atoms with Crippen molar-refractivity contribution in [1.29, 1.82) is 0 Å². The SMILES string of the molecule is CC(Oc1cccc(C(C)C)c1)C(=O)Nc1nc2ccccc2[nH]1. The summed E-state index contributed by atoms with van der Waals surface area (Å²) >= 11 is 0. The predicted octanol–water partition coefficient (Wildman–Crippen LogP) is 4.09. The third-order valence-electron chi connectivity index (χ3n) is 3.84. The summed E-state index contributed by atoms with van der Waals surface area (Å²) in [6, 6.07) is 15.4. The molecule has 2 aromatic carbocycles. The van der Waals surface area contributed by atoms with Crippen LogP contribution in [0.25, 0.3) is 11.0 Å². The number of aromatic nitrogens is 2. The number of hydrogen-bond donors (Lipinski definition) is 2. The molecule has 0 saturated carbocycles. The minimum Gasteiger partial charge on any atom is -0.481 e. The van der Waals surface area contributed by atoms with Crippen LogP contribution in [-0.4, -0.2) is 22.0 Å². The van der Waals surface area contributed by atoms with E-state index in [1.165, 1.54) is 5.56 Å². The highest BCUT2D eigenvalue weighted by molar-refractivity contribution is 5.94. The molecule has 5 heteroatoms. The summed E-state index contributed by atoms with van der Waals surface area (Å²) in [5, 5.41) is 2.76. The number of hydrogen-bond acceptors (Lipinski definition) is 3. The van der Waals surface area contributed by atoms with Gasteiger partial charge in [0, 0.05) is 0 Å². The van der Waals surface area contributed by atoms with Gasteiger partial charge in [-0.05, 0) is 42.7 Å². The molecule has 0 spiro atoms. The van der Waals surface area contributed by atoms with Gasteiger partial charge in [0.25, 0.3) is 5.91 Å². The van der Waals surface area contributed by atoms with Gasteiger partial charge >= 0.3 is 0 Å². The first-order valence-electron chi connectivity index (χ1n) is 8.05. The number of nitrogens with one attached hydrogen (secondary N) is 2. The van der Waals surface area contributed by atoms with E-state index in [9.17, 15) is 4.79 Å². The van der Waals surface area contributed by atoms with Crippen molar-refractivity contribution in [3.05, 3.63) is 54.1 Å². The van der Waals surface area contributed by atoms with Gasteiger partial charge in [0.1, 0.15) is 5.75 Å². The van der Waals surface area contributed by atoms with Gasteiger partial charge in [0.05, 0.1) is 11.0 Å². The van der Waals surface area contributed by atoms with Gasteiger partial charge in [-0.25, -0.2) is 4.98 Å². The summed E-state index contributed by atoms with van der Waals surface area (Å²) in [5.41, 5.74) is 2.87. The quantitative estimate of drug-likeness (QED) is 0.743. The Hall–Kier alpha value is -2.82. The number of imidazole rings is 1. The minimum absolute atomic E-state index is 0.246. The number of rotatable bonds is 5. The van der Waals surface area contributed by atoms with Gasteiger partial charge < -0.3 is 9.72 Å². The molecule has 5 nitrogen and oxygen atoms in total. The van der Waals surface area contributed by atoms with Gasteiger partial charge in [0.2, 0.25) is 5.95 Å². The zero-order chi connectivity index (χ0) is 17.1. The fourth-order valence-corrected chi connectivity index (χ4v) is 2.43. The highest BCUT2D eigenvalue weighted by atomic mass is 16.5. The second kappa shape index (κ2) is 6.74. The smallest absolute Gasteiger partial charge is 0.267 e.